The second-order valence-corrected chi connectivity index (χ2v) is 2.46. The summed E-state index contributed by atoms with van der Waals surface area (Å²) < 4.78 is 14.4. The van der Waals surface area contributed by atoms with Crippen LogP contribution in [0.4, 0.5) is 0 Å². The second-order valence-electron chi connectivity index (χ2n) is 2.46. The van der Waals surface area contributed by atoms with Crippen LogP contribution in [-0.4, -0.2) is 31.9 Å². The first-order valence-corrected chi connectivity index (χ1v) is 3.49. The molecule has 0 radical (unpaired) electrons. The Morgan fingerprint density at radius 2 is 2.50 bits per heavy atom. The van der Waals surface area contributed by atoms with E-state index in [4.69, 9.17) is 9.62 Å². The molecule has 0 aliphatic carbocycles. The third-order valence-corrected chi connectivity index (χ3v) is 1.72. The molecule has 12 heavy (non-hydrogen) atoms. The molecule has 6 heteroatoms. The minimum atomic E-state index is -1.39. The van der Waals surface area contributed by atoms with Crippen LogP contribution in [0.25, 0.3) is 0 Å². The molecule has 0 aromatic rings. The van der Waals surface area contributed by atoms with Crippen LogP contribution >= 0.6 is 0 Å². The zero-order chi connectivity index (χ0) is 8.60. The summed E-state index contributed by atoms with van der Waals surface area (Å²) >= 11 is 0. The molecule has 2 fully saturated rings. The van der Waals surface area contributed by atoms with E-state index >= 15 is 0 Å². The number of cyclic esters (lactones) is 1. The fourth-order valence-corrected chi connectivity index (χ4v) is 1.07. The number of methoxy groups -OCH3 is 1. The van der Waals surface area contributed by atoms with Crippen molar-refractivity contribution in [1.29, 1.82) is 0 Å². The molecule has 0 N–H and O–H groups in total. The molecule has 6 nitrogen and oxygen atoms in total. The van der Waals surface area contributed by atoms with Crippen LogP contribution in [0.15, 0.2) is 0 Å². The Hall–Kier alpha value is -0.690. The first-order chi connectivity index (χ1) is 5.77. The van der Waals surface area contributed by atoms with Gasteiger partial charge in [-0.15, -0.1) is 0 Å². The zero-order valence-electron chi connectivity index (χ0n) is 6.44. The van der Waals surface area contributed by atoms with E-state index in [9.17, 15) is 4.79 Å². The van der Waals surface area contributed by atoms with E-state index in [2.05, 4.69) is 14.4 Å². The number of esters is 1. The van der Waals surface area contributed by atoms with E-state index in [1.165, 1.54) is 7.11 Å². The van der Waals surface area contributed by atoms with Gasteiger partial charge in [-0.25, -0.2) is 4.79 Å². The van der Waals surface area contributed by atoms with E-state index in [1.54, 1.807) is 0 Å². The molecule has 68 valence electrons. The van der Waals surface area contributed by atoms with Gasteiger partial charge < -0.3 is 9.47 Å². The number of hydrogen-bond donors (Lipinski definition) is 0. The van der Waals surface area contributed by atoms with Crippen LogP contribution in [0, 0.1) is 0 Å². The lowest BCUT2D eigenvalue weighted by Crippen LogP contribution is -2.36. The van der Waals surface area contributed by atoms with Gasteiger partial charge in [0, 0.05) is 7.11 Å². The van der Waals surface area contributed by atoms with E-state index in [0.29, 0.717) is 6.42 Å². The Labute approximate surface area is 68.2 Å². The Balaban J connectivity index is 2.08. The topological polar surface area (TPSA) is 63.2 Å². The third-order valence-electron chi connectivity index (χ3n) is 1.72. The normalized spacial score (nSPS) is 40.8. The zero-order valence-corrected chi connectivity index (χ0v) is 6.44. The molecule has 2 atom stereocenters. The van der Waals surface area contributed by atoms with E-state index in [0.717, 1.165) is 0 Å². The summed E-state index contributed by atoms with van der Waals surface area (Å²) in [6.07, 6.45) is 0.325. The molecule has 2 aliphatic rings. The van der Waals surface area contributed by atoms with Crippen molar-refractivity contribution < 1.29 is 28.8 Å². The van der Waals surface area contributed by atoms with Gasteiger partial charge in [0.25, 0.3) is 0 Å². The van der Waals surface area contributed by atoms with Gasteiger partial charge in [0.1, 0.15) is 0 Å². The van der Waals surface area contributed by atoms with Gasteiger partial charge in [0.15, 0.2) is 0 Å². The molecule has 0 saturated carbocycles. The van der Waals surface area contributed by atoms with Crippen LogP contribution in [-0.2, 0) is 28.8 Å². The summed E-state index contributed by atoms with van der Waals surface area (Å²) in [5, 5.41) is 0. The van der Waals surface area contributed by atoms with Crippen LogP contribution in [0.2, 0.25) is 0 Å². The Kier molecular flexibility index (Phi) is 1.76. The highest BCUT2D eigenvalue weighted by Gasteiger charge is 2.55. The van der Waals surface area contributed by atoms with Gasteiger partial charge in [-0.05, 0) is 0 Å². The molecule has 2 rings (SSSR count). The average Bonchev–Trinajstić information content (AvgIpc) is 2.63. The van der Waals surface area contributed by atoms with Gasteiger partial charge in [-0.2, -0.15) is 9.78 Å². The quantitative estimate of drug-likeness (QED) is 0.398. The van der Waals surface area contributed by atoms with E-state index in [1.807, 2.05) is 0 Å². The highest BCUT2D eigenvalue weighted by molar-refractivity contribution is 5.79. The predicted octanol–water partition coefficient (Wildman–Crippen LogP) is -0.462. The predicted molar refractivity (Wildman–Crippen MR) is 32.4 cm³/mol. The Bertz CT molecular complexity index is 204. The number of carbonyl (C=O) groups excluding carboxylic acids is 1. The van der Waals surface area contributed by atoms with Crippen LogP contribution < -0.4 is 0 Å². The van der Waals surface area contributed by atoms with Crippen molar-refractivity contribution >= 4 is 5.97 Å². The Morgan fingerprint density at radius 3 is 3.00 bits per heavy atom. The maximum Gasteiger partial charge on any atom is 0.370 e. The number of carbonyl (C=O) groups is 1. The lowest BCUT2D eigenvalue weighted by Gasteiger charge is -2.11. The summed E-state index contributed by atoms with van der Waals surface area (Å²) in [6.45, 7) is -0.672. The smallest absolute Gasteiger partial charge is 0.370 e. The first kappa shape index (κ1) is 7.93. The average molecular weight is 176 g/mol. The summed E-state index contributed by atoms with van der Waals surface area (Å²) in [6, 6.07) is 0. The maximum absolute atomic E-state index is 11.1. The van der Waals surface area contributed by atoms with Crippen LogP contribution in [0.5, 0.6) is 0 Å². The molecular weight excluding hydrogens is 168 g/mol. The standard InChI is InChI=1S/C6H8O6/c1-8-5-10-6(12-11-5)2-3-9-4(6)7/h5H,2-3H2,1H3. The highest BCUT2D eigenvalue weighted by atomic mass is 17.3. The molecule has 0 aromatic heterocycles. The van der Waals surface area contributed by atoms with E-state index in [-0.39, 0.29) is 6.61 Å². The molecule has 0 aromatic carbocycles. The fourth-order valence-electron chi connectivity index (χ4n) is 1.07. The van der Waals surface area contributed by atoms with Crippen molar-refractivity contribution in [3.05, 3.63) is 0 Å². The van der Waals surface area contributed by atoms with Crippen molar-refractivity contribution in [3.63, 3.8) is 0 Å². The lowest BCUT2D eigenvalue weighted by molar-refractivity contribution is -0.353. The van der Waals surface area contributed by atoms with Gasteiger partial charge >= 0.3 is 18.2 Å². The fraction of sp³-hybridized carbons (Fsp3) is 0.833. The molecule has 2 heterocycles. The Morgan fingerprint density at radius 1 is 1.67 bits per heavy atom. The van der Waals surface area contributed by atoms with E-state index < -0.39 is 18.2 Å². The number of rotatable bonds is 1. The third kappa shape index (κ3) is 1.00. The van der Waals surface area contributed by atoms with Gasteiger partial charge in [-0.1, -0.05) is 0 Å². The molecule has 2 saturated heterocycles. The SMILES string of the molecule is COC1OOC2(CCOC2=O)O1. The summed E-state index contributed by atoms with van der Waals surface area (Å²) in [4.78, 5) is 20.3. The van der Waals surface area contributed by atoms with Gasteiger partial charge in [0.2, 0.25) is 0 Å². The minimum Gasteiger partial charge on any atom is -0.461 e. The van der Waals surface area contributed by atoms with Crippen LogP contribution in [0.1, 0.15) is 6.42 Å². The molecule has 0 bridgehead atoms. The minimum absolute atomic E-state index is 0.276. The summed E-state index contributed by atoms with van der Waals surface area (Å²) in [5.74, 6) is -1.96. The largest absolute Gasteiger partial charge is 0.461 e. The molecule has 2 aliphatic heterocycles. The molecule has 1 spiro atoms. The van der Waals surface area contributed by atoms with Gasteiger partial charge in [-0.3, -0.25) is 4.74 Å². The maximum atomic E-state index is 11.1. The first-order valence-electron chi connectivity index (χ1n) is 3.49. The lowest BCUT2D eigenvalue weighted by atomic mass is 10.2. The summed E-state index contributed by atoms with van der Waals surface area (Å²) in [5.41, 5.74) is 0. The van der Waals surface area contributed by atoms with Crippen molar-refractivity contribution in [2.75, 3.05) is 13.7 Å². The molecule has 2 unspecified atom stereocenters. The molecular formula is C6H8O6. The van der Waals surface area contributed by atoms with Crippen molar-refractivity contribution in [2.45, 2.75) is 18.7 Å². The summed E-state index contributed by atoms with van der Waals surface area (Å²) in [7, 11) is 1.38. The van der Waals surface area contributed by atoms with Gasteiger partial charge in [0.05, 0.1) is 13.0 Å². The molecule has 0 amide bonds. The number of ether oxygens (including phenoxy) is 3. The second kappa shape index (κ2) is 2.67. The van der Waals surface area contributed by atoms with Crippen molar-refractivity contribution in [1.82, 2.24) is 0 Å². The monoisotopic (exact) mass is 176 g/mol. The van der Waals surface area contributed by atoms with Crippen molar-refractivity contribution in [2.24, 2.45) is 0 Å². The number of hydrogen-bond acceptors (Lipinski definition) is 6. The van der Waals surface area contributed by atoms with Crippen molar-refractivity contribution in [3.8, 4) is 0 Å². The highest BCUT2D eigenvalue weighted by Crippen LogP contribution is 2.33. The van der Waals surface area contributed by atoms with Crippen LogP contribution in [0.3, 0.4) is 0 Å².